The lowest BCUT2D eigenvalue weighted by Crippen LogP contribution is -2.14. The average molecular weight is 250 g/mol. The van der Waals surface area contributed by atoms with Crippen molar-refractivity contribution in [1.29, 1.82) is 5.26 Å². The van der Waals surface area contributed by atoms with Crippen LogP contribution in [0, 0.1) is 11.3 Å². The number of pyridine rings is 1. The molecule has 8 heteroatoms. The molecule has 0 aromatic carbocycles. The molecule has 0 spiro atoms. The van der Waals surface area contributed by atoms with Crippen molar-refractivity contribution >= 4 is 6.29 Å². The molecule has 0 N–H and O–H groups in total. The quantitative estimate of drug-likeness (QED) is 0.599. The van der Waals surface area contributed by atoms with E-state index in [1.807, 2.05) is 0 Å². The number of halogens is 5. The first kappa shape index (κ1) is 13.0. The summed E-state index contributed by atoms with van der Waals surface area (Å²) in [5, 5.41) is 8.42. The Morgan fingerprint density at radius 1 is 1.41 bits per heavy atom. The molecule has 17 heavy (non-hydrogen) atoms. The van der Waals surface area contributed by atoms with Gasteiger partial charge in [0.1, 0.15) is 11.8 Å². The van der Waals surface area contributed by atoms with Crippen molar-refractivity contribution in [3.8, 4) is 6.07 Å². The van der Waals surface area contributed by atoms with Crippen LogP contribution >= 0.6 is 0 Å². The number of nitrogens with zero attached hydrogens (tertiary/aromatic N) is 2. The molecule has 0 aliphatic heterocycles. The van der Waals surface area contributed by atoms with Crippen molar-refractivity contribution in [3.63, 3.8) is 0 Å². The molecule has 90 valence electrons. The van der Waals surface area contributed by atoms with Gasteiger partial charge < -0.3 is 0 Å². The van der Waals surface area contributed by atoms with Crippen molar-refractivity contribution in [2.24, 2.45) is 0 Å². The smallest absolute Gasteiger partial charge is 0.298 e. The van der Waals surface area contributed by atoms with Crippen LogP contribution in [0.5, 0.6) is 0 Å². The van der Waals surface area contributed by atoms with Crippen LogP contribution in [-0.2, 0) is 6.18 Å². The summed E-state index contributed by atoms with van der Waals surface area (Å²) in [6.45, 7) is 0. The molecule has 0 amide bonds. The molecule has 0 aliphatic rings. The number of nitriles is 1. The van der Waals surface area contributed by atoms with Gasteiger partial charge in [-0.25, -0.2) is 13.8 Å². The fraction of sp³-hybridized carbons (Fsp3) is 0.222. The largest absolute Gasteiger partial charge is 0.434 e. The number of carbonyl (C=O) groups is 1. The highest BCUT2D eigenvalue weighted by molar-refractivity contribution is 5.77. The second kappa shape index (κ2) is 4.45. The Labute approximate surface area is 91.5 Å². The summed E-state index contributed by atoms with van der Waals surface area (Å²) in [4.78, 5) is 13.1. The fourth-order valence-electron chi connectivity index (χ4n) is 1.12. The Balaban J connectivity index is 3.56. The lowest BCUT2D eigenvalue weighted by Gasteiger charge is -2.10. The Morgan fingerprint density at radius 3 is 2.35 bits per heavy atom. The number of hydrogen-bond donors (Lipinski definition) is 0. The topological polar surface area (TPSA) is 53.8 Å². The Hall–Kier alpha value is -2.04. The Bertz CT molecular complexity index is 489. The van der Waals surface area contributed by atoms with E-state index in [1.165, 1.54) is 0 Å². The monoisotopic (exact) mass is 250 g/mol. The number of carbonyl (C=O) groups excluding carboxylic acids is 1. The van der Waals surface area contributed by atoms with Crippen molar-refractivity contribution in [2.45, 2.75) is 12.6 Å². The van der Waals surface area contributed by atoms with Crippen molar-refractivity contribution < 1.29 is 26.7 Å². The molecule has 1 aromatic heterocycles. The maximum absolute atomic E-state index is 12.4. The zero-order valence-electron chi connectivity index (χ0n) is 7.92. The van der Waals surface area contributed by atoms with Gasteiger partial charge in [-0.2, -0.15) is 18.4 Å². The summed E-state index contributed by atoms with van der Waals surface area (Å²) in [5.74, 6) is 0. The lowest BCUT2D eigenvalue weighted by molar-refractivity contribution is -0.141. The summed E-state index contributed by atoms with van der Waals surface area (Å²) < 4.78 is 61.8. The van der Waals surface area contributed by atoms with E-state index >= 15 is 0 Å². The molecule has 0 saturated carbocycles. The van der Waals surface area contributed by atoms with Gasteiger partial charge in [0, 0.05) is 5.56 Å². The summed E-state index contributed by atoms with van der Waals surface area (Å²) >= 11 is 0. The summed E-state index contributed by atoms with van der Waals surface area (Å²) in [6.07, 6.45) is -8.40. The van der Waals surface area contributed by atoms with E-state index in [-0.39, 0.29) is 6.29 Å². The second-order valence-corrected chi connectivity index (χ2v) is 2.89. The number of alkyl halides is 5. The molecule has 1 heterocycles. The molecule has 0 unspecified atom stereocenters. The molecule has 0 aliphatic carbocycles. The van der Waals surface area contributed by atoms with E-state index < -0.39 is 35.1 Å². The average Bonchev–Trinajstić information content (AvgIpc) is 2.25. The van der Waals surface area contributed by atoms with Crippen LogP contribution in [-0.4, -0.2) is 11.3 Å². The maximum atomic E-state index is 12.4. The van der Waals surface area contributed by atoms with E-state index in [0.717, 1.165) is 6.07 Å². The first-order valence-electron chi connectivity index (χ1n) is 4.06. The van der Waals surface area contributed by atoms with E-state index in [1.54, 1.807) is 0 Å². The molecule has 0 atom stereocenters. The third-order valence-corrected chi connectivity index (χ3v) is 1.82. The van der Waals surface area contributed by atoms with Crippen LogP contribution in [0.15, 0.2) is 6.07 Å². The van der Waals surface area contributed by atoms with E-state index in [9.17, 15) is 26.7 Å². The van der Waals surface area contributed by atoms with E-state index in [4.69, 9.17) is 5.26 Å². The molecule has 0 fully saturated rings. The third-order valence-electron chi connectivity index (χ3n) is 1.82. The van der Waals surface area contributed by atoms with Gasteiger partial charge in [0.2, 0.25) is 0 Å². The van der Waals surface area contributed by atoms with Crippen LogP contribution in [0.3, 0.4) is 0 Å². The molecule has 1 rings (SSSR count). The van der Waals surface area contributed by atoms with Crippen LogP contribution < -0.4 is 0 Å². The molecular formula is C9H3F5N2O. The van der Waals surface area contributed by atoms with Gasteiger partial charge in [-0.1, -0.05) is 0 Å². The van der Waals surface area contributed by atoms with Gasteiger partial charge in [0.15, 0.2) is 12.0 Å². The number of rotatable bonds is 2. The van der Waals surface area contributed by atoms with Gasteiger partial charge in [-0.3, -0.25) is 4.79 Å². The van der Waals surface area contributed by atoms with Gasteiger partial charge in [0.05, 0.1) is 5.56 Å². The first-order valence-corrected chi connectivity index (χ1v) is 4.06. The number of aldehydes is 1. The standard InChI is InChI=1S/C9H3F5N2O/c10-8(11)5-1-4(3-17)7(9(12,13)14)16-6(5)2-15/h1,3,8H. The minimum Gasteiger partial charge on any atom is -0.298 e. The highest BCUT2D eigenvalue weighted by atomic mass is 19.4. The molecule has 1 aromatic rings. The highest BCUT2D eigenvalue weighted by Crippen LogP contribution is 2.32. The van der Waals surface area contributed by atoms with E-state index in [0.29, 0.717) is 6.07 Å². The first-order chi connectivity index (χ1) is 7.81. The number of aromatic nitrogens is 1. The predicted octanol–water partition coefficient (Wildman–Crippen LogP) is 2.72. The van der Waals surface area contributed by atoms with Crippen LogP contribution in [0.1, 0.15) is 33.7 Å². The van der Waals surface area contributed by atoms with Crippen LogP contribution in [0.4, 0.5) is 22.0 Å². The lowest BCUT2D eigenvalue weighted by atomic mass is 10.1. The highest BCUT2D eigenvalue weighted by Gasteiger charge is 2.37. The SMILES string of the molecule is N#Cc1nc(C(F)(F)F)c(C=O)cc1C(F)F. The maximum Gasteiger partial charge on any atom is 0.434 e. The van der Waals surface area contributed by atoms with Crippen molar-refractivity contribution in [3.05, 3.63) is 28.6 Å². The van der Waals surface area contributed by atoms with Crippen molar-refractivity contribution in [2.75, 3.05) is 0 Å². The minimum absolute atomic E-state index is 0.233. The zero-order chi connectivity index (χ0) is 13.2. The van der Waals surface area contributed by atoms with Crippen LogP contribution in [0.2, 0.25) is 0 Å². The van der Waals surface area contributed by atoms with E-state index in [2.05, 4.69) is 4.98 Å². The Kier molecular flexibility index (Phi) is 3.41. The Morgan fingerprint density at radius 2 is 2.00 bits per heavy atom. The summed E-state index contributed by atoms with van der Waals surface area (Å²) in [5.41, 5.74) is -4.71. The normalized spacial score (nSPS) is 11.4. The van der Waals surface area contributed by atoms with Gasteiger partial charge >= 0.3 is 6.18 Å². The molecule has 0 radical (unpaired) electrons. The summed E-state index contributed by atoms with van der Waals surface area (Å²) in [6, 6.07) is 1.46. The third kappa shape index (κ3) is 2.55. The molecule has 0 saturated heterocycles. The van der Waals surface area contributed by atoms with Gasteiger partial charge in [-0.05, 0) is 6.07 Å². The summed E-state index contributed by atoms with van der Waals surface area (Å²) in [7, 11) is 0. The van der Waals surface area contributed by atoms with Crippen molar-refractivity contribution in [1.82, 2.24) is 4.98 Å². The molecular weight excluding hydrogens is 247 g/mol. The van der Waals surface area contributed by atoms with Crippen LogP contribution in [0.25, 0.3) is 0 Å². The molecule has 3 nitrogen and oxygen atoms in total. The second-order valence-electron chi connectivity index (χ2n) is 2.89. The van der Waals surface area contributed by atoms with Gasteiger partial charge in [0.25, 0.3) is 6.43 Å². The zero-order valence-corrected chi connectivity index (χ0v) is 7.92. The van der Waals surface area contributed by atoms with Gasteiger partial charge in [-0.15, -0.1) is 0 Å². The number of hydrogen-bond acceptors (Lipinski definition) is 3. The predicted molar refractivity (Wildman–Crippen MR) is 44.3 cm³/mol. The molecule has 0 bridgehead atoms. The fourth-order valence-corrected chi connectivity index (χ4v) is 1.12. The minimum atomic E-state index is -4.98.